The lowest BCUT2D eigenvalue weighted by molar-refractivity contribution is 0.0945. The first-order valence-electron chi connectivity index (χ1n) is 6.31. The van der Waals surface area contributed by atoms with Gasteiger partial charge in [0.15, 0.2) is 11.6 Å². The van der Waals surface area contributed by atoms with E-state index in [1.165, 1.54) is 12.1 Å². The van der Waals surface area contributed by atoms with Gasteiger partial charge in [0, 0.05) is 0 Å². The van der Waals surface area contributed by atoms with Gasteiger partial charge in [-0.05, 0) is 24.3 Å². The van der Waals surface area contributed by atoms with Gasteiger partial charge in [-0.1, -0.05) is 18.2 Å². The maximum Gasteiger partial charge on any atom is 0.254 e. The van der Waals surface area contributed by atoms with Crippen LogP contribution in [0.1, 0.15) is 16.2 Å². The van der Waals surface area contributed by atoms with Gasteiger partial charge in [0.1, 0.15) is 5.82 Å². The van der Waals surface area contributed by atoms with E-state index in [0.29, 0.717) is 5.82 Å². The van der Waals surface area contributed by atoms with Crippen LogP contribution in [0.5, 0.6) is 0 Å². The molecule has 2 N–H and O–H groups in total. The van der Waals surface area contributed by atoms with E-state index in [4.69, 9.17) is 0 Å². The zero-order valence-electron chi connectivity index (χ0n) is 10.9. The van der Waals surface area contributed by atoms with Gasteiger partial charge in [-0.15, -0.1) is 0 Å². The number of aromatic amines is 1. The topological polar surface area (TPSA) is 57.8 Å². The van der Waals surface area contributed by atoms with Gasteiger partial charge in [-0.3, -0.25) is 4.79 Å². The van der Waals surface area contributed by atoms with Crippen LogP contribution >= 0.6 is 0 Å². The summed E-state index contributed by atoms with van der Waals surface area (Å²) in [5.41, 5.74) is 1.29. The SMILES string of the molecule is O=C(NCc1nc2ccccc2[nH]1)c1cccc(F)c1F. The van der Waals surface area contributed by atoms with Crippen LogP contribution in [0.15, 0.2) is 42.5 Å². The Labute approximate surface area is 118 Å². The Morgan fingerprint density at radius 3 is 2.76 bits per heavy atom. The minimum Gasteiger partial charge on any atom is -0.345 e. The van der Waals surface area contributed by atoms with E-state index >= 15 is 0 Å². The van der Waals surface area contributed by atoms with Crippen LogP contribution in [0.2, 0.25) is 0 Å². The average Bonchev–Trinajstić information content (AvgIpc) is 2.90. The van der Waals surface area contributed by atoms with Gasteiger partial charge >= 0.3 is 0 Å². The molecule has 0 saturated heterocycles. The van der Waals surface area contributed by atoms with Crippen LogP contribution in [-0.2, 0) is 6.54 Å². The first-order chi connectivity index (χ1) is 10.1. The summed E-state index contributed by atoms with van der Waals surface area (Å²) in [5.74, 6) is -2.35. The molecule has 3 aromatic rings. The average molecular weight is 287 g/mol. The lowest BCUT2D eigenvalue weighted by Crippen LogP contribution is -2.24. The van der Waals surface area contributed by atoms with Gasteiger partial charge in [0.05, 0.1) is 23.1 Å². The van der Waals surface area contributed by atoms with E-state index in [-0.39, 0.29) is 12.1 Å². The maximum absolute atomic E-state index is 13.5. The summed E-state index contributed by atoms with van der Waals surface area (Å²) in [7, 11) is 0. The van der Waals surface area contributed by atoms with E-state index in [1.54, 1.807) is 0 Å². The summed E-state index contributed by atoms with van der Waals surface area (Å²) in [6.45, 7) is 0.101. The Morgan fingerprint density at radius 1 is 1.14 bits per heavy atom. The highest BCUT2D eigenvalue weighted by Crippen LogP contribution is 2.12. The number of H-pyrrole nitrogens is 1. The summed E-state index contributed by atoms with van der Waals surface area (Å²) < 4.78 is 26.6. The molecule has 1 aromatic heterocycles. The normalized spacial score (nSPS) is 10.8. The van der Waals surface area contributed by atoms with Crippen molar-refractivity contribution in [1.29, 1.82) is 0 Å². The Hall–Kier alpha value is -2.76. The zero-order chi connectivity index (χ0) is 14.8. The highest BCUT2D eigenvalue weighted by molar-refractivity contribution is 5.94. The highest BCUT2D eigenvalue weighted by Gasteiger charge is 2.15. The molecular weight excluding hydrogens is 276 g/mol. The Balaban J connectivity index is 1.75. The number of halogens is 2. The third-order valence-electron chi connectivity index (χ3n) is 3.05. The number of carbonyl (C=O) groups excluding carboxylic acids is 1. The molecule has 106 valence electrons. The van der Waals surface area contributed by atoms with Crippen molar-refractivity contribution in [3.05, 3.63) is 65.5 Å². The number of fused-ring (bicyclic) bond motifs is 1. The number of hydrogen-bond acceptors (Lipinski definition) is 2. The molecule has 0 aliphatic carbocycles. The van der Waals surface area contributed by atoms with Crippen LogP contribution in [0.25, 0.3) is 11.0 Å². The molecule has 0 radical (unpaired) electrons. The van der Waals surface area contributed by atoms with Crippen LogP contribution < -0.4 is 5.32 Å². The van der Waals surface area contributed by atoms with E-state index in [1.807, 2.05) is 24.3 Å². The molecule has 1 amide bonds. The molecule has 0 unspecified atom stereocenters. The van der Waals surface area contributed by atoms with Crippen molar-refractivity contribution in [2.75, 3.05) is 0 Å². The molecule has 0 aliphatic heterocycles. The number of aromatic nitrogens is 2. The molecule has 3 rings (SSSR count). The van der Waals surface area contributed by atoms with E-state index in [9.17, 15) is 13.6 Å². The Bertz CT molecular complexity index is 781. The summed E-state index contributed by atoms with van der Waals surface area (Å²) in [6, 6.07) is 10.9. The maximum atomic E-state index is 13.5. The first kappa shape index (κ1) is 13.2. The highest BCUT2D eigenvalue weighted by atomic mass is 19.2. The Morgan fingerprint density at radius 2 is 1.95 bits per heavy atom. The molecule has 2 aromatic carbocycles. The van der Waals surface area contributed by atoms with Gasteiger partial charge in [0.25, 0.3) is 5.91 Å². The molecule has 21 heavy (non-hydrogen) atoms. The van der Waals surface area contributed by atoms with Crippen LogP contribution in [0.4, 0.5) is 8.78 Å². The fourth-order valence-electron chi connectivity index (χ4n) is 2.03. The summed E-state index contributed by atoms with van der Waals surface area (Å²) >= 11 is 0. The number of rotatable bonds is 3. The van der Waals surface area contributed by atoms with Crippen LogP contribution in [0.3, 0.4) is 0 Å². The molecule has 1 heterocycles. The molecule has 0 atom stereocenters. The molecule has 0 fully saturated rings. The van der Waals surface area contributed by atoms with Crippen molar-refractivity contribution in [2.24, 2.45) is 0 Å². The predicted octanol–water partition coefficient (Wildman–Crippen LogP) is 2.77. The number of nitrogens with one attached hydrogen (secondary N) is 2. The van der Waals surface area contributed by atoms with Crippen LogP contribution in [0, 0.1) is 11.6 Å². The molecular formula is C15H11F2N3O. The molecule has 0 spiro atoms. The second-order valence-corrected chi connectivity index (χ2v) is 4.48. The van der Waals surface area contributed by atoms with E-state index < -0.39 is 17.5 Å². The van der Waals surface area contributed by atoms with Crippen LogP contribution in [-0.4, -0.2) is 15.9 Å². The van der Waals surface area contributed by atoms with Gasteiger partial charge in [-0.25, -0.2) is 13.8 Å². The summed E-state index contributed by atoms with van der Waals surface area (Å²) in [4.78, 5) is 19.2. The minimum absolute atomic E-state index is 0.101. The van der Waals surface area contributed by atoms with E-state index in [2.05, 4.69) is 15.3 Å². The fourth-order valence-corrected chi connectivity index (χ4v) is 2.03. The summed E-state index contributed by atoms with van der Waals surface area (Å²) in [5, 5.41) is 2.50. The first-order valence-corrected chi connectivity index (χ1v) is 6.31. The number of para-hydroxylation sites is 2. The van der Waals surface area contributed by atoms with Crippen molar-refractivity contribution in [1.82, 2.24) is 15.3 Å². The van der Waals surface area contributed by atoms with Crippen molar-refractivity contribution < 1.29 is 13.6 Å². The number of carbonyl (C=O) groups is 1. The molecule has 0 aliphatic rings. The summed E-state index contributed by atoms with van der Waals surface area (Å²) in [6.07, 6.45) is 0. The third-order valence-corrected chi connectivity index (χ3v) is 3.05. The van der Waals surface area contributed by atoms with E-state index in [0.717, 1.165) is 17.1 Å². The number of benzene rings is 2. The molecule has 0 saturated carbocycles. The number of hydrogen-bond donors (Lipinski definition) is 2. The number of imidazole rings is 1. The fraction of sp³-hybridized carbons (Fsp3) is 0.0667. The molecule has 6 heteroatoms. The standard InChI is InChI=1S/C15H11F2N3O/c16-10-5-3-4-9(14(10)17)15(21)18-8-13-19-11-6-1-2-7-12(11)20-13/h1-7H,8H2,(H,18,21)(H,19,20). The minimum atomic E-state index is -1.15. The zero-order valence-corrected chi connectivity index (χ0v) is 10.9. The van der Waals surface area contributed by atoms with Gasteiger partial charge in [0.2, 0.25) is 0 Å². The quantitative estimate of drug-likeness (QED) is 0.778. The van der Waals surface area contributed by atoms with Crippen molar-refractivity contribution in [2.45, 2.75) is 6.54 Å². The molecule has 0 bridgehead atoms. The third kappa shape index (κ3) is 2.60. The lowest BCUT2D eigenvalue weighted by atomic mass is 10.2. The second-order valence-electron chi connectivity index (χ2n) is 4.48. The van der Waals surface area contributed by atoms with Crippen molar-refractivity contribution >= 4 is 16.9 Å². The molecule has 4 nitrogen and oxygen atoms in total. The van der Waals surface area contributed by atoms with Gasteiger partial charge in [-0.2, -0.15) is 0 Å². The number of amides is 1. The monoisotopic (exact) mass is 287 g/mol. The Kier molecular flexibility index (Phi) is 3.35. The van der Waals surface area contributed by atoms with Crippen molar-refractivity contribution in [3.63, 3.8) is 0 Å². The predicted molar refractivity (Wildman–Crippen MR) is 73.6 cm³/mol. The largest absolute Gasteiger partial charge is 0.345 e. The lowest BCUT2D eigenvalue weighted by Gasteiger charge is -2.04. The smallest absolute Gasteiger partial charge is 0.254 e. The van der Waals surface area contributed by atoms with Crippen molar-refractivity contribution in [3.8, 4) is 0 Å². The number of nitrogens with zero attached hydrogens (tertiary/aromatic N) is 1. The van der Waals surface area contributed by atoms with Gasteiger partial charge < -0.3 is 10.3 Å². The second kappa shape index (κ2) is 5.32.